The van der Waals surface area contributed by atoms with Crippen LogP contribution in [0.4, 0.5) is 0 Å². The van der Waals surface area contributed by atoms with E-state index in [-0.39, 0.29) is 25.7 Å². The molecule has 0 aliphatic rings. The van der Waals surface area contributed by atoms with Crippen LogP contribution in [-0.4, -0.2) is 96.7 Å². The number of carbonyl (C=O) groups excluding carboxylic acids is 4. The third-order valence-corrected chi connectivity index (χ3v) is 17.1. The second-order valence-corrected chi connectivity index (χ2v) is 26.8. The Labute approximate surface area is 529 Å². The highest BCUT2D eigenvalue weighted by molar-refractivity contribution is 7.47. The van der Waals surface area contributed by atoms with Gasteiger partial charge in [0.1, 0.15) is 19.3 Å². The topological polar surface area (TPSA) is 237 Å². The number of rotatable bonds is 67. The van der Waals surface area contributed by atoms with Gasteiger partial charge in [-0.05, 0) is 51.4 Å². The summed E-state index contributed by atoms with van der Waals surface area (Å²) in [6.45, 7) is 4.84. The van der Waals surface area contributed by atoms with Crippen molar-refractivity contribution in [1.29, 1.82) is 0 Å². The fraction of sp³-hybridized carbons (Fsp3) is 0.882. The molecule has 17 nitrogen and oxygen atoms in total. The Morgan fingerprint density at radius 3 is 0.839 bits per heavy atom. The van der Waals surface area contributed by atoms with E-state index in [4.69, 9.17) is 37.0 Å². The van der Waals surface area contributed by atoms with Crippen molar-refractivity contribution in [2.45, 2.75) is 348 Å². The first kappa shape index (κ1) is 84.5. The van der Waals surface area contributed by atoms with Gasteiger partial charge in [-0.15, -0.1) is 0 Å². The maximum atomic E-state index is 13.0. The zero-order valence-corrected chi connectivity index (χ0v) is 57.3. The highest BCUT2D eigenvalue weighted by atomic mass is 31.2. The van der Waals surface area contributed by atoms with Gasteiger partial charge in [0.2, 0.25) is 0 Å². The van der Waals surface area contributed by atoms with Crippen molar-refractivity contribution in [2.24, 2.45) is 0 Å². The van der Waals surface area contributed by atoms with Gasteiger partial charge in [0.15, 0.2) is 12.2 Å². The molecule has 0 spiro atoms. The quantitative estimate of drug-likeness (QED) is 0.0169. The number of allylic oxidation sites excluding steroid dienone is 4. The Balaban J connectivity index is 5.27. The molecule has 19 heteroatoms. The molecule has 3 N–H and O–H groups in total. The number of phosphoric acid groups is 2. The van der Waals surface area contributed by atoms with Gasteiger partial charge in [-0.1, -0.05) is 277 Å². The Hall–Kier alpha value is -2.46. The Morgan fingerprint density at radius 2 is 0.552 bits per heavy atom. The van der Waals surface area contributed by atoms with Crippen LogP contribution >= 0.6 is 15.6 Å². The lowest BCUT2D eigenvalue weighted by Crippen LogP contribution is -2.30. The van der Waals surface area contributed by atoms with E-state index >= 15 is 0 Å². The maximum Gasteiger partial charge on any atom is 0.472 e. The predicted octanol–water partition coefficient (Wildman–Crippen LogP) is 19.1. The van der Waals surface area contributed by atoms with Gasteiger partial charge in [0, 0.05) is 25.7 Å². The molecule has 0 amide bonds. The molecule has 87 heavy (non-hydrogen) atoms. The number of unbranched alkanes of at least 4 members (excludes halogenated alkanes) is 38. The van der Waals surface area contributed by atoms with Gasteiger partial charge in [0.05, 0.1) is 26.4 Å². The molecule has 0 aromatic rings. The average molecular weight is 1280 g/mol. The minimum Gasteiger partial charge on any atom is -0.462 e. The molecular formula is C68H128O17P2. The van der Waals surface area contributed by atoms with E-state index in [0.29, 0.717) is 25.7 Å². The van der Waals surface area contributed by atoms with Crippen LogP contribution in [0, 0.1) is 0 Å². The Bertz CT molecular complexity index is 1760. The van der Waals surface area contributed by atoms with Crippen molar-refractivity contribution in [3.63, 3.8) is 0 Å². The third-order valence-electron chi connectivity index (χ3n) is 15.2. The van der Waals surface area contributed by atoms with E-state index < -0.39 is 97.5 Å². The molecule has 0 aromatic carbocycles. The zero-order chi connectivity index (χ0) is 64.0. The number of hydrogen-bond acceptors (Lipinski definition) is 15. The van der Waals surface area contributed by atoms with E-state index in [0.717, 1.165) is 103 Å². The van der Waals surface area contributed by atoms with Gasteiger partial charge in [-0.25, -0.2) is 9.13 Å². The molecule has 0 radical (unpaired) electrons. The van der Waals surface area contributed by atoms with Crippen LogP contribution < -0.4 is 0 Å². The Morgan fingerprint density at radius 1 is 0.322 bits per heavy atom. The highest BCUT2D eigenvalue weighted by Gasteiger charge is 2.30. The summed E-state index contributed by atoms with van der Waals surface area (Å²) in [4.78, 5) is 72.4. The van der Waals surface area contributed by atoms with Gasteiger partial charge < -0.3 is 33.8 Å². The molecule has 0 aliphatic heterocycles. The highest BCUT2D eigenvalue weighted by Crippen LogP contribution is 2.45. The molecule has 2 unspecified atom stereocenters. The van der Waals surface area contributed by atoms with Crippen molar-refractivity contribution >= 4 is 39.5 Å². The standard InChI is InChI=1S/C68H128O17P2/c1-5-9-13-17-21-25-29-31-32-33-35-39-43-47-51-55-68(73)85-64(59-79-66(71)53-49-45-41-38-34-30-26-22-18-14-10-6-2)61-83-87(76,77)81-57-62(69)56-80-86(74,75)82-60-63(84-67(72)54-50-46-42-37-28-24-20-16-12-8-4)58-78-65(70)52-48-44-40-36-27-23-19-15-11-7-3/h25,29,31-32,62-64,69H,5-24,26-28,30,33-61H2,1-4H3,(H,74,75)(H,76,77)/b29-25-,32-31-/t62-,63+,64+/m0/s1. The van der Waals surface area contributed by atoms with Gasteiger partial charge in [-0.3, -0.25) is 37.3 Å². The summed E-state index contributed by atoms with van der Waals surface area (Å²) in [6.07, 6.45) is 52.0. The summed E-state index contributed by atoms with van der Waals surface area (Å²) >= 11 is 0. The second-order valence-electron chi connectivity index (χ2n) is 23.9. The first-order valence-corrected chi connectivity index (χ1v) is 38.1. The van der Waals surface area contributed by atoms with Crippen LogP contribution in [0.2, 0.25) is 0 Å². The molecule has 0 fully saturated rings. The maximum absolute atomic E-state index is 13.0. The molecule has 512 valence electrons. The molecule has 0 saturated heterocycles. The van der Waals surface area contributed by atoms with E-state index in [1.54, 1.807) is 0 Å². The fourth-order valence-electron chi connectivity index (χ4n) is 9.80. The van der Waals surface area contributed by atoms with Crippen molar-refractivity contribution in [3.8, 4) is 0 Å². The minimum atomic E-state index is -4.96. The van der Waals surface area contributed by atoms with Gasteiger partial charge in [-0.2, -0.15) is 0 Å². The number of carbonyl (C=O) groups is 4. The van der Waals surface area contributed by atoms with Crippen LogP contribution in [-0.2, 0) is 65.4 Å². The normalized spacial score (nSPS) is 14.2. The lowest BCUT2D eigenvalue weighted by molar-refractivity contribution is -0.161. The van der Waals surface area contributed by atoms with Crippen LogP contribution in [0.5, 0.6) is 0 Å². The largest absolute Gasteiger partial charge is 0.472 e. The number of aliphatic hydroxyl groups excluding tert-OH is 1. The number of hydrogen-bond donors (Lipinski definition) is 3. The monoisotopic (exact) mass is 1280 g/mol. The summed E-state index contributed by atoms with van der Waals surface area (Å²) < 4.78 is 68.1. The lowest BCUT2D eigenvalue weighted by atomic mass is 10.0. The summed E-state index contributed by atoms with van der Waals surface area (Å²) in [5.41, 5.74) is 0. The summed E-state index contributed by atoms with van der Waals surface area (Å²) in [7, 11) is -9.90. The van der Waals surface area contributed by atoms with Crippen LogP contribution in [0.15, 0.2) is 24.3 Å². The minimum absolute atomic E-state index is 0.0857. The van der Waals surface area contributed by atoms with Crippen molar-refractivity contribution in [2.75, 3.05) is 39.6 Å². The molecule has 0 rings (SSSR count). The van der Waals surface area contributed by atoms with Crippen molar-refractivity contribution in [3.05, 3.63) is 24.3 Å². The van der Waals surface area contributed by atoms with E-state index in [1.807, 2.05) is 0 Å². The van der Waals surface area contributed by atoms with E-state index in [9.17, 15) is 43.2 Å². The summed E-state index contributed by atoms with van der Waals surface area (Å²) in [6, 6.07) is 0. The van der Waals surface area contributed by atoms with Gasteiger partial charge >= 0.3 is 39.5 Å². The second kappa shape index (κ2) is 62.4. The number of ether oxygens (including phenoxy) is 4. The van der Waals surface area contributed by atoms with Crippen LogP contribution in [0.3, 0.4) is 0 Å². The lowest BCUT2D eigenvalue weighted by Gasteiger charge is -2.21. The molecule has 0 aliphatic carbocycles. The molecule has 0 aromatic heterocycles. The fourth-order valence-corrected chi connectivity index (χ4v) is 11.4. The third kappa shape index (κ3) is 62.1. The molecule has 0 heterocycles. The molecule has 0 saturated carbocycles. The van der Waals surface area contributed by atoms with E-state index in [1.165, 1.54) is 148 Å². The summed E-state index contributed by atoms with van der Waals surface area (Å²) in [5.74, 6) is -2.16. The van der Waals surface area contributed by atoms with Crippen LogP contribution in [0.1, 0.15) is 329 Å². The molecular weight excluding hydrogens is 1150 g/mol. The SMILES string of the molecule is CCCCCC/C=C\C=C/CCCCCCCC(=O)O[C@H](COC(=O)CCCCCCCCCCCCCC)COP(=O)(O)OC[C@@H](O)COP(=O)(O)OC[C@@H](COC(=O)CCCCCCCCCCCC)OC(=O)CCCCCCCCCCCC. The van der Waals surface area contributed by atoms with E-state index in [2.05, 4.69) is 52.0 Å². The number of esters is 4. The average Bonchev–Trinajstić information content (AvgIpc) is 3.71. The van der Waals surface area contributed by atoms with Gasteiger partial charge in [0.25, 0.3) is 0 Å². The first-order valence-electron chi connectivity index (χ1n) is 35.1. The zero-order valence-electron chi connectivity index (χ0n) is 55.5. The summed E-state index contributed by atoms with van der Waals surface area (Å²) in [5, 5.41) is 10.6. The Kier molecular flexibility index (Phi) is 60.6. The first-order chi connectivity index (χ1) is 42.2. The van der Waals surface area contributed by atoms with Crippen LogP contribution in [0.25, 0.3) is 0 Å². The smallest absolute Gasteiger partial charge is 0.462 e. The molecule has 0 bridgehead atoms. The molecule has 5 atom stereocenters. The number of aliphatic hydroxyl groups is 1. The predicted molar refractivity (Wildman–Crippen MR) is 349 cm³/mol. The van der Waals surface area contributed by atoms with Crippen molar-refractivity contribution in [1.82, 2.24) is 0 Å². The van der Waals surface area contributed by atoms with Crippen molar-refractivity contribution < 1.29 is 80.2 Å². The number of phosphoric ester groups is 2.